The first-order valence-corrected chi connectivity index (χ1v) is 6.32. The molecule has 0 saturated heterocycles. The number of hydrogen-bond donors (Lipinski definition) is 1. The van der Waals surface area contributed by atoms with Crippen molar-refractivity contribution in [3.05, 3.63) is 26.7 Å². The van der Waals surface area contributed by atoms with E-state index < -0.39 is 4.92 Å². The molecule has 0 fully saturated rings. The average molecular weight is 337 g/mol. The number of benzene rings is 1. The predicted octanol–water partition coefficient (Wildman–Crippen LogP) is 2.98. The van der Waals surface area contributed by atoms with Crippen LogP contribution < -0.4 is 10.5 Å². The number of nitro benzene ring substituents is 1. The van der Waals surface area contributed by atoms with E-state index >= 15 is 0 Å². The minimum atomic E-state index is -0.541. The first-order chi connectivity index (χ1) is 8.49. The minimum absolute atomic E-state index is 0.00279. The van der Waals surface area contributed by atoms with Gasteiger partial charge in [-0.05, 0) is 22.9 Å². The molecular formula is C10H11BrClN3O3. The van der Waals surface area contributed by atoms with Gasteiger partial charge in [0.25, 0.3) is 5.69 Å². The van der Waals surface area contributed by atoms with Gasteiger partial charge in [0, 0.05) is 12.1 Å². The molecule has 0 atom stereocenters. The van der Waals surface area contributed by atoms with Crippen molar-refractivity contribution in [2.24, 2.45) is 10.7 Å². The fourth-order valence-corrected chi connectivity index (χ4v) is 1.72. The number of nitrogens with two attached hydrogens (primary N) is 1. The summed E-state index contributed by atoms with van der Waals surface area (Å²) in [6, 6.07) is 2.77. The van der Waals surface area contributed by atoms with Crippen molar-refractivity contribution in [3.8, 4) is 5.75 Å². The maximum Gasteiger partial charge on any atom is 0.296 e. The first-order valence-electron chi connectivity index (χ1n) is 4.99. The molecule has 18 heavy (non-hydrogen) atoms. The third-order valence-electron chi connectivity index (χ3n) is 1.93. The second-order valence-corrected chi connectivity index (χ2v) is 4.32. The molecule has 0 spiro atoms. The van der Waals surface area contributed by atoms with Crippen LogP contribution in [0.15, 0.2) is 21.6 Å². The predicted molar refractivity (Wildman–Crippen MR) is 74.0 cm³/mol. The van der Waals surface area contributed by atoms with Crippen LogP contribution in [0.25, 0.3) is 0 Å². The average Bonchev–Trinajstić information content (AvgIpc) is 2.32. The van der Waals surface area contributed by atoms with Gasteiger partial charge in [-0.1, -0.05) is 0 Å². The van der Waals surface area contributed by atoms with Gasteiger partial charge in [0.05, 0.1) is 21.9 Å². The Kier molecular flexibility index (Phi) is 5.36. The topological polar surface area (TPSA) is 90.8 Å². The highest BCUT2D eigenvalue weighted by Gasteiger charge is 2.18. The molecule has 0 aliphatic rings. The number of nitro groups is 1. The Morgan fingerprint density at radius 2 is 2.33 bits per heavy atom. The lowest BCUT2D eigenvalue weighted by Crippen LogP contribution is -2.12. The van der Waals surface area contributed by atoms with Gasteiger partial charge < -0.3 is 10.5 Å². The van der Waals surface area contributed by atoms with Crippen molar-refractivity contribution in [2.45, 2.75) is 6.92 Å². The number of aliphatic imine (C=N–C) groups is 1. The van der Waals surface area contributed by atoms with E-state index in [1.165, 1.54) is 12.1 Å². The summed E-state index contributed by atoms with van der Waals surface area (Å²) in [4.78, 5) is 14.3. The zero-order chi connectivity index (χ0) is 13.7. The van der Waals surface area contributed by atoms with Crippen LogP contribution in [0.3, 0.4) is 0 Å². The Hall–Kier alpha value is -1.34. The quantitative estimate of drug-likeness (QED) is 0.294. The van der Waals surface area contributed by atoms with Crippen molar-refractivity contribution in [1.29, 1.82) is 0 Å². The molecular weight excluding hydrogens is 325 g/mol. The van der Waals surface area contributed by atoms with E-state index in [-0.39, 0.29) is 23.1 Å². The molecule has 0 saturated carbocycles. The molecule has 0 radical (unpaired) electrons. The highest BCUT2D eigenvalue weighted by Crippen LogP contribution is 2.37. The van der Waals surface area contributed by atoms with E-state index in [9.17, 15) is 10.1 Å². The summed E-state index contributed by atoms with van der Waals surface area (Å²) in [5, 5.41) is 10.9. The van der Waals surface area contributed by atoms with Crippen molar-refractivity contribution in [2.75, 3.05) is 12.5 Å². The Morgan fingerprint density at radius 3 is 2.83 bits per heavy atom. The van der Waals surface area contributed by atoms with E-state index in [0.717, 1.165) is 0 Å². The van der Waals surface area contributed by atoms with Gasteiger partial charge in [0.1, 0.15) is 17.3 Å². The molecule has 2 N–H and O–H groups in total. The highest BCUT2D eigenvalue weighted by atomic mass is 79.9. The summed E-state index contributed by atoms with van der Waals surface area (Å²) in [5.74, 6) is 0.561. The van der Waals surface area contributed by atoms with Gasteiger partial charge >= 0.3 is 0 Å². The SMILES string of the molecule is CCOc1cc(N=C(N)CCl)c([N+](=O)[O-])cc1Br. The fraction of sp³-hybridized carbons (Fsp3) is 0.300. The van der Waals surface area contributed by atoms with E-state index in [4.69, 9.17) is 22.1 Å². The number of ether oxygens (including phenoxy) is 1. The van der Waals surface area contributed by atoms with E-state index in [1.54, 1.807) is 0 Å². The summed E-state index contributed by atoms with van der Waals surface area (Å²) in [6.45, 7) is 2.24. The molecule has 1 rings (SSSR count). The van der Waals surface area contributed by atoms with Gasteiger partial charge in [-0.15, -0.1) is 11.6 Å². The lowest BCUT2D eigenvalue weighted by Gasteiger charge is -2.07. The number of hydrogen-bond acceptors (Lipinski definition) is 4. The normalized spacial score (nSPS) is 11.4. The lowest BCUT2D eigenvalue weighted by atomic mass is 10.2. The van der Waals surface area contributed by atoms with Crippen LogP contribution in [-0.4, -0.2) is 23.2 Å². The van der Waals surface area contributed by atoms with Crippen molar-refractivity contribution in [1.82, 2.24) is 0 Å². The van der Waals surface area contributed by atoms with Gasteiger partial charge in [-0.3, -0.25) is 10.1 Å². The molecule has 0 heterocycles. The third-order valence-corrected chi connectivity index (χ3v) is 2.82. The second-order valence-electron chi connectivity index (χ2n) is 3.20. The van der Waals surface area contributed by atoms with Crippen molar-refractivity contribution in [3.63, 3.8) is 0 Å². The largest absolute Gasteiger partial charge is 0.493 e. The second kappa shape index (κ2) is 6.55. The molecule has 8 heteroatoms. The lowest BCUT2D eigenvalue weighted by molar-refractivity contribution is -0.384. The van der Waals surface area contributed by atoms with Crippen molar-refractivity contribution >= 4 is 44.7 Å². The van der Waals surface area contributed by atoms with Gasteiger partial charge in [0.15, 0.2) is 0 Å². The van der Waals surface area contributed by atoms with Crippen LogP contribution in [0, 0.1) is 10.1 Å². The smallest absolute Gasteiger partial charge is 0.296 e. The van der Waals surface area contributed by atoms with Crippen LogP contribution in [0.5, 0.6) is 5.75 Å². The van der Waals surface area contributed by atoms with Crippen LogP contribution in [0.2, 0.25) is 0 Å². The first kappa shape index (κ1) is 14.7. The molecule has 0 bridgehead atoms. The summed E-state index contributed by atoms with van der Waals surface area (Å²) >= 11 is 8.70. The Balaban J connectivity index is 3.35. The summed E-state index contributed by atoms with van der Waals surface area (Å²) < 4.78 is 5.80. The maximum atomic E-state index is 10.9. The molecule has 0 amide bonds. The third kappa shape index (κ3) is 3.58. The molecule has 6 nitrogen and oxygen atoms in total. The van der Waals surface area contributed by atoms with E-state index in [2.05, 4.69) is 20.9 Å². The van der Waals surface area contributed by atoms with Crippen LogP contribution in [0.4, 0.5) is 11.4 Å². The Morgan fingerprint density at radius 1 is 1.67 bits per heavy atom. The number of nitrogens with zero attached hydrogens (tertiary/aromatic N) is 2. The molecule has 98 valence electrons. The van der Waals surface area contributed by atoms with Crippen LogP contribution >= 0.6 is 27.5 Å². The maximum absolute atomic E-state index is 10.9. The molecule has 0 aromatic heterocycles. The molecule has 1 aromatic rings. The van der Waals surface area contributed by atoms with Gasteiger partial charge in [-0.2, -0.15) is 0 Å². The fourth-order valence-electron chi connectivity index (χ4n) is 1.22. The summed E-state index contributed by atoms with van der Waals surface area (Å²) in [7, 11) is 0. The molecule has 1 aromatic carbocycles. The van der Waals surface area contributed by atoms with E-state index in [0.29, 0.717) is 16.8 Å². The van der Waals surface area contributed by atoms with Crippen molar-refractivity contribution < 1.29 is 9.66 Å². The zero-order valence-corrected chi connectivity index (χ0v) is 11.9. The van der Waals surface area contributed by atoms with E-state index in [1.807, 2.05) is 6.92 Å². The molecule has 0 aliphatic heterocycles. The van der Waals surface area contributed by atoms with Gasteiger partial charge in [-0.25, -0.2) is 4.99 Å². The van der Waals surface area contributed by atoms with Crippen LogP contribution in [0.1, 0.15) is 6.92 Å². The minimum Gasteiger partial charge on any atom is -0.493 e. The number of alkyl halides is 1. The Labute approximate surface area is 117 Å². The van der Waals surface area contributed by atoms with Crippen LogP contribution in [-0.2, 0) is 0 Å². The van der Waals surface area contributed by atoms with Gasteiger partial charge in [0.2, 0.25) is 0 Å². The number of amidine groups is 1. The zero-order valence-electron chi connectivity index (χ0n) is 9.52. The highest BCUT2D eigenvalue weighted by molar-refractivity contribution is 9.10. The standard InChI is InChI=1S/C10H11BrClN3O3/c1-2-18-9-4-7(14-10(13)5-12)8(15(16)17)3-6(9)11/h3-4H,2,5H2,1H3,(H2,13,14). The monoisotopic (exact) mass is 335 g/mol. The Bertz CT molecular complexity index is 494. The summed E-state index contributed by atoms with van der Waals surface area (Å²) in [5.41, 5.74) is 5.43. The molecule has 0 aliphatic carbocycles. The number of rotatable bonds is 5. The molecule has 0 unspecified atom stereocenters. The number of halogens is 2. The summed E-state index contributed by atoms with van der Waals surface area (Å²) in [6.07, 6.45) is 0.